The zero-order valence-corrected chi connectivity index (χ0v) is 12.8. The van der Waals surface area contributed by atoms with Crippen LogP contribution in [0.1, 0.15) is 31.7 Å². The third-order valence-electron chi connectivity index (χ3n) is 4.89. The van der Waals surface area contributed by atoms with Gasteiger partial charge >= 0.3 is 5.97 Å². The van der Waals surface area contributed by atoms with Crippen molar-refractivity contribution in [2.45, 2.75) is 26.2 Å². The summed E-state index contributed by atoms with van der Waals surface area (Å²) in [5, 5.41) is 12.3. The van der Waals surface area contributed by atoms with Crippen molar-refractivity contribution < 1.29 is 14.7 Å². The van der Waals surface area contributed by atoms with Gasteiger partial charge in [-0.05, 0) is 41.9 Å². The Kier molecular flexibility index (Phi) is 3.77. The lowest BCUT2D eigenvalue weighted by Gasteiger charge is -2.23. The van der Waals surface area contributed by atoms with Crippen molar-refractivity contribution in [2.24, 2.45) is 23.7 Å². The predicted octanol–water partition coefficient (Wildman–Crippen LogP) is 3.27. The molecule has 0 unspecified atom stereocenters. The van der Waals surface area contributed by atoms with E-state index in [1.807, 2.05) is 36.4 Å². The van der Waals surface area contributed by atoms with E-state index in [1.54, 1.807) is 0 Å². The van der Waals surface area contributed by atoms with Gasteiger partial charge in [-0.25, -0.2) is 0 Å². The zero-order valence-electron chi connectivity index (χ0n) is 12.8. The quantitative estimate of drug-likeness (QED) is 0.839. The number of carboxylic acids is 1. The predicted molar refractivity (Wildman–Crippen MR) is 84.5 cm³/mol. The molecule has 4 nitrogen and oxygen atoms in total. The van der Waals surface area contributed by atoms with Crippen LogP contribution in [0.15, 0.2) is 36.4 Å². The topological polar surface area (TPSA) is 66.4 Å². The molecule has 2 bridgehead atoms. The van der Waals surface area contributed by atoms with Crippen molar-refractivity contribution in [1.29, 1.82) is 0 Å². The van der Waals surface area contributed by atoms with Crippen LogP contribution in [0.3, 0.4) is 0 Å². The molecule has 1 saturated carbocycles. The van der Waals surface area contributed by atoms with E-state index in [0.29, 0.717) is 5.92 Å². The summed E-state index contributed by atoms with van der Waals surface area (Å²) in [4.78, 5) is 24.0. The molecular weight excluding hydrogens is 278 g/mol. The van der Waals surface area contributed by atoms with E-state index in [4.69, 9.17) is 0 Å². The average Bonchev–Trinajstić information content (AvgIpc) is 3.08. The molecule has 22 heavy (non-hydrogen) atoms. The summed E-state index contributed by atoms with van der Waals surface area (Å²) in [6, 6.07) is 7.75. The van der Waals surface area contributed by atoms with Crippen molar-refractivity contribution in [2.75, 3.05) is 5.32 Å². The smallest absolute Gasteiger partial charge is 0.307 e. The molecule has 3 rings (SSSR count). The molecule has 2 N–H and O–H groups in total. The second-order valence-corrected chi connectivity index (χ2v) is 6.60. The molecular formula is C18H21NO3. The molecule has 0 saturated heterocycles. The molecule has 1 aromatic rings. The second-order valence-electron chi connectivity index (χ2n) is 6.60. The number of carbonyl (C=O) groups excluding carboxylic acids is 1. The molecule has 0 spiro atoms. The van der Waals surface area contributed by atoms with E-state index in [-0.39, 0.29) is 17.7 Å². The standard InChI is InChI=1S/C18H21NO3/c1-10(2)11-5-7-14(8-6-11)19-17(20)15-12-3-4-13(9-12)16(15)18(21)22/h3-8,10,12-13,15-16H,9H2,1-2H3,(H,19,20)(H,21,22)/t12-,13-,15+,16-/m0/s1. The van der Waals surface area contributed by atoms with Gasteiger partial charge in [-0.1, -0.05) is 38.1 Å². The van der Waals surface area contributed by atoms with Crippen LogP contribution in [0.25, 0.3) is 0 Å². The fraction of sp³-hybridized carbons (Fsp3) is 0.444. The summed E-state index contributed by atoms with van der Waals surface area (Å²) in [5.74, 6) is -1.60. The van der Waals surface area contributed by atoms with Crippen molar-refractivity contribution >= 4 is 17.6 Å². The first-order valence-electron chi connectivity index (χ1n) is 7.79. The summed E-state index contributed by atoms with van der Waals surface area (Å²) in [7, 11) is 0. The van der Waals surface area contributed by atoms with Crippen LogP contribution < -0.4 is 5.32 Å². The number of amides is 1. The number of rotatable bonds is 4. The first-order chi connectivity index (χ1) is 10.5. The summed E-state index contributed by atoms with van der Waals surface area (Å²) in [5.41, 5.74) is 1.94. The molecule has 2 aliphatic rings. The van der Waals surface area contributed by atoms with Crippen molar-refractivity contribution in [3.05, 3.63) is 42.0 Å². The number of carboxylic acid groups (broad SMARTS) is 1. The van der Waals surface area contributed by atoms with E-state index in [2.05, 4.69) is 19.2 Å². The molecule has 1 fully saturated rings. The molecule has 116 valence electrons. The summed E-state index contributed by atoms with van der Waals surface area (Å²) in [6.07, 6.45) is 4.72. The van der Waals surface area contributed by atoms with Crippen LogP contribution in [0, 0.1) is 23.7 Å². The van der Waals surface area contributed by atoms with Crippen LogP contribution in [0.5, 0.6) is 0 Å². The number of aliphatic carboxylic acids is 1. The molecule has 0 heterocycles. The Labute approximate surface area is 130 Å². The van der Waals surface area contributed by atoms with Crippen LogP contribution in [-0.4, -0.2) is 17.0 Å². The van der Waals surface area contributed by atoms with E-state index in [9.17, 15) is 14.7 Å². The highest BCUT2D eigenvalue weighted by Gasteiger charge is 2.51. The molecule has 0 radical (unpaired) electrons. The minimum Gasteiger partial charge on any atom is -0.481 e. The Morgan fingerprint density at radius 3 is 2.23 bits per heavy atom. The van der Waals surface area contributed by atoms with Crippen LogP contribution in [0.2, 0.25) is 0 Å². The highest BCUT2D eigenvalue weighted by molar-refractivity contribution is 5.96. The monoisotopic (exact) mass is 299 g/mol. The van der Waals surface area contributed by atoms with E-state index >= 15 is 0 Å². The van der Waals surface area contributed by atoms with Gasteiger partial charge < -0.3 is 10.4 Å². The van der Waals surface area contributed by atoms with Gasteiger partial charge in [-0.3, -0.25) is 9.59 Å². The zero-order chi connectivity index (χ0) is 15.9. The maximum Gasteiger partial charge on any atom is 0.307 e. The lowest BCUT2D eigenvalue weighted by Crippen LogP contribution is -2.36. The fourth-order valence-corrected chi connectivity index (χ4v) is 3.69. The summed E-state index contributed by atoms with van der Waals surface area (Å²) >= 11 is 0. The van der Waals surface area contributed by atoms with E-state index < -0.39 is 17.8 Å². The van der Waals surface area contributed by atoms with Gasteiger partial charge in [0, 0.05) is 5.69 Å². The van der Waals surface area contributed by atoms with Gasteiger partial charge in [0.15, 0.2) is 0 Å². The van der Waals surface area contributed by atoms with Crippen LogP contribution >= 0.6 is 0 Å². The first kappa shape index (κ1) is 14.8. The third kappa shape index (κ3) is 2.54. The first-order valence-corrected chi connectivity index (χ1v) is 7.79. The van der Waals surface area contributed by atoms with Crippen molar-refractivity contribution in [3.63, 3.8) is 0 Å². The second kappa shape index (κ2) is 5.59. The third-order valence-corrected chi connectivity index (χ3v) is 4.89. The highest BCUT2D eigenvalue weighted by atomic mass is 16.4. The average molecular weight is 299 g/mol. The fourth-order valence-electron chi connectivity index (χ4n) is 3.69. The number of anilines is 1. The SMILES string of the molecule is CC(C)c1ccc(NC(=O)[C@H]2[C@@H](C(=O)O)[C@H]3C=C[C@H]2C3)cc1. The van der Waals surface area contributed by atoms with E-state index in [1.165, 1.54) is 5.56 Å². The van der Waals surface area contributed by atoms with Gasteiger partial charge in [0.1, 0.15) is 0 Å². The maximum atomic E-state index is 12.5. The maximum absolute atomic E-state index is 12.5. The number of nitrogens with one attached hydrogen (secondary N) is 1. The van der Waals surface area contributed by atoms with Crippen molar-refractivity contribution in [1.82, 2.24) is 0 Å². The minimum absolute atomic E-state index is 0.00145. The molecule has 4 heteroatoms. The van der Waals surface area contributed by atoms with Gasteiger partial charge in [-0.2, -0.15) is 0 Å². The number of allylic oxidation sites excluding steroid dienone is 2. The lowest BCUT2D eigenvalue weighted by molar-refractivity contribution is -0.146. The van der Waals surface area contributed by atoms with E-state index in [0.717, 1.165) is 12.1 Å². The van der Waals surface area contributed by atoms with Gasteiger partial charge in [0.2, 0.25) is 5.91 Å². The Bertz CT molecular complexity index is 618. The number of hydrogen-bond acceptors (Lipinski definition) is 2. The molecule has 4 atom stereocenters. The van der Waals surface area contributed by atoms with Gasteiger partial charge in [0.05, 0.1) is 11.8 Å². The van der Waals surface area contributed by atoms with Gasteiger partial charge in [0.25, 0.3) is 0 Å². The minimum atomic E-state index is -0.868. The number of benzene rings is 1. The Balaban J connectivity index is 1.74. The molecule has 2 aliphatic carbocycles. The van der Waals surface area contributed by atoms with Gasteiger partial charge in [-0.15, -0.1) is 0 Å². The molecule has 1 amide bonds. The largest absolute Gasteiger partial charge is 0.481 e. The lowest BCUT2D eigenvalue weighted by atomic mass is 9.82. The number of carbonyl (C=O) groups is 2. The summed E-state index contributed by atoms with van der Waals surface area (Å²) in [6.45, 7) is 4.24. The van der Waals surface area contributed by atoms with Crippen LogP contribution in [0.4, 0.5) is 5.69 Å². The highest BCUT2D eigenvalue weighted by Crippen LogP contribution is 2.48. The molecule has 1 aromatic carbocycles. The Hall–Kier alpha value is -2.10. The normalized spacial score (nSPS) is 29.0. The Morgan fingerprint density at radius 1 is 1.09 bits per heavy atom. The molecule has 0 aliphatic heterocycles. The Morgan fingerprint density at radius 2 is 1.68 bits per heavy atom. The molecule has 0 aromatic heterocycles. The number of fused-ring (bicyclic) bond motifs is 2. The van der Waals surface area contributed by atoms with Crippen molar-refractivity contribution in [3.8, 4) is 0 Å². The van der Waals surface area contributed by atoms with Crippen LogP contribution in [-0.2, 0) is 9.59 Å². The number of hydrogen-bond donors (Lipinski definition) is 2. The summed E-state index contributed by atoms with van der Waals surface area (Å²) < 4.78 is 0.